The number of benzene rings is 1. The van der Waals surface area contributed by atoms with Gasteiger partial charge in [-0.1, -0.05) is 18.2 Å². The van der Waals surface area contributed by atoms with Gasteiger partial charge in [-0.05, 0) is 18.9 Å². The summed E-state index contributed by atoms with van der Waals surface area (Å²) >= 11 is 0. The van der Waals surface area contributed by atoms with Gasteiger partial charge in [0, 0.05) is 43.7 Å². The number of aromatic nitrogens is 4. The quantitative estimate of drug-likeness (QED) is 0.590. The molecule has 2 fully saturated rings. The molecule has 2 aliphatic rings. The molecule has 1 amide bonds. The Balaban J connectivity index is 1.24. The Kier molecular flexibility index (Phi) is 6.16. The van der Waals surface area contributed by atoms with Crippen molar-refractivity contribution >= 4 is 28.3 Å². The van der Waals surface area contributed by atoms with Gasteiger partial charge >= 0.3 is 0 Å². The van der Waals surface area contributed by atoms with Crippen LogP contribution in [0.15, 0.2) is 41.5 Å². The zero-order chi connectivity index (χ0) is 22.6. The van der Waals surface area contributed by atoms with Crippen molar-refractivity contribution in [3.8, 4) is 0 Å². The highest BCUT2D eigenvalue weighted by atomic mass is 16.5. The van der Waals surface area contributed by atoms with Gasteiger partial charge in [-0.2, -0.15) is 5.10 Å². The maximum atomic E-state index is 12.8. The summed E-state index contributed by atoms with van der Waals surface area (Å²) in [5.41, 5.74) is 0.320. The van der Waals surface area contributed by atoms with Crippen molar-refractivity contribution in [2.24, 2.45) is 0 Å². The van der Waals surface area contributed by atoms with Crippen molar-refractivity contribution in [1.82, 2.24) is 25.5 Å². The van der Waals surface area contributed by atoms with Crippen LogP contribution in [0.25, 0.3) is 10.8 Å². The van der Waals surface area contributed by atoms with E-state index in [0.29, 0.717) is 36.2 Å². The van der Waals surface area contributed by atoms with Crippen molar-refractivity contribution in [1.29, 1.82) is 0 Å². The first-order valence-corrected chi connectivity index (χ1v) is 11.3. The average molecular weight is 450 g/mol. The maximum absolute atomic E-state index is 12.8. The number of morpholine rings is 1. The molecule has 1 unspecified atom stereocenters. The van der Waals surface area contributed by atoms with Crippen LogP contribution >= 0.6 is 0 Å². The number of nitrogens with zero attached hydrogens (tertiary/aromatic N) is 5. The van der Waals surface area contributed by atoms with Crippen LogP contribution in [0.3, 0.4) is 0 Å². The molecular formula is C23H27N7O3. The topological polar surface area (TPSA) is 116 Å². The van der Waals surface area contributed by atoms with Crippen LogP contribution in [0.2, 0.25) is 0 Å². The van der Waals surface area contributed by atoms with Gasteiger partial charge in [0.2, 0.25) is 5.91 Å². The van der Waals surface area contributed by atoms with Gasteiger partial charge in [-0.3, -0.25) is 9.59 Å². The van der Waals surface area contributed by atoms with E-state index in [1.807, 2.05) is 18.2 Å². The summed E-state index contributed by atoms with van der Waals surface area (Å²) in [5.74, 6) is 1.67. The van der Waals surface area contributed by atoms with Crippen LogP contribution in [0, 0.1) is 0 Å². The Labute approximate surface area is 191 Å². The molecule has 1 aromatic carbocycles. The van der Waals surface area contributed by atoms with Gasteiger partial charge in [0.05, 0.1) is 30.7 Å². The molecule has 2 aliphatic heterocycles. The molecule has 3 aromatic rings. The minimum Gasteiger partial charge on any atom is -0.378 e. The number of carbonyl (C=O) groups excluding carboxylic acids is 1. The lowest BCUT2D eigenvalue weighted by molar-refractivity contribution is -0.121. The highest BCUT2D eigenvalue weighted by molar-refractivity contribution is 5.88. The zero-order valence-corrected chi connectivity index (χ0v) is 18.4. The molecule has 2 saturated heterocycles. The Morgan fingerprint density at radius 1 is 1.09 bits per heavy atom. The van der Waals surface area contributed by atoms with E-state index in [2.05, 4.69) is 35.3 Å². The normalized spacial score (nSPS) is 19.0. The molecule has 172 valence electrons. The molecule has 2 aromatic heterocycles. The summed E-state index contributed by atoms with van der Waals surface area (Å²) in [4.78, 5) is 38.1. The second kappa shape index (κ2) is 9.53. The van der Waals surface area contributed by atoms with E-state index in [4.69, 9.17) is 4.74 Å². The summed E-state index contributed by atoms with van der Waals surface area (Å²) in [6.45, 7) is 4.63. The fourth-order valence-electron chi connectivity index (χ4n) is 4.52. The Hall–Kier alpha value is -3.53. The van der Waals surface area contributed by atoms with Crippen LogP contribution < -0.4 is 20.7 Å². The third-order valence-corrected chi connectivity index (χ3v) is 6.19. The number of fused-ring (bicyclic) bond motifs is 1. The van der Waals surface area contributed by atoms with Gasteiger partial charge in [-0.25, -0.2) is 15.1 Å². The molecule has 0 radical (unpaired) electrons. The van der Waals surface area contributed by atoms with Crippen molar-refractivity contribution in [2.75, 3.05) is 49.2 Å². The third kappa shape index (κ3) is 4.80. The van der Waals surface area contributed by atoms with Gasteiger partial charge in [0.15, 0.2) is 0 Å². The number of rotatable bonds is 5. The molecule has 4 heterocycles. The van der Waals surface area contributed by atoms with Gasteiger partial charge in [-0.15, -0.1) is 0 Å². The van der Waals surface area contributed by atoms with E-state index in [-0.39, 0.29) is 23.9 Å². The predicted molar refractivity (Wildman–Crippen MR) is 125 cm³/mol. The molecule has 10 heteroatoms. The van der Waals surface area contributed by atoms with E-state index < -0.39 is 0 Å². The fourth-order valence-corrected chi connectivity index (χ4v) is 4.52. The average Bonchev–Trinajstić information content (AvgIpc) is 2.87. The highest BCUT2D eigenvalue weighted by Crippen LogP contribution is 2.22. The van der Waals surface area contributed by atoms with Gasteiger partial charge in [0.25, 0.3) is 5.56 Å². The molecule has 0 bridgehead atoms. The molecule has 0 spiro atoms. The van der Waals surface area contributed by atoms with E-state index in [9.17, 15) is 9.59 Å². The number of H-pyrrole nitrogens is 1. The van der Waals surface area contributed by atoms with Crippen LogP contribution in [-0.2, 0) is 16.0 Å². The first-order chi connectivity index (χ1) is 16.2. The third-order valence-electron chi connectivity index (χ3n) is 6.19. The van der Waals surface area contributed by atoms with E-state index in [1.165, 1.54) is 0 Å². The monoisotopic (exact) mass is 449 g/mol. The number of hydrogen-bond acceptors (Lipinski definition) is 8. The minimum atomic E-state index is -0.251. The van der Waals surface area contributed by atoms with Crippen molar-refractivity contribution in [2.45, 2.75) is 25.3 Å². The molecule has 0 saturated carbocycles. The number of aromatic amines is 1. The molecule has 10 nitrogen and oxygen atoms in total. The van der Waals surface area contributed by atoms with Gasteiger partial charge < -0.3 is 19.9 Å². The van der Waals surface area contributed by atoms with Crippen molar-refractivity contribution in [3.63, 3.8) is 0 Å². The summed E-state index contributed by atoms with van der Waals surface area (Å²) in [7, 11) is 0. The van der Waals surface area contributed by atoms with E-state index in [0.717, 1.165) is 44.1 Å². The smallest absolute Gasteiger partial charge is 0.272 e. The largest absolute Gasteiger partial charge is 0.378 e. The first kappa shape index (κ1) is 21.3. The van der Waals surface area contributed by atoms with Crippen LogP contribution in [0.4, 0.5) is 11.6 Å². The van der Waals surface area contributed by atoms with E-state index in [1.54, 1.807) is 18.5 Å². The molecule has 2 N–H and O–H groups in total. The predicted octanol–water partition coefficient (Wildman–Crippen LogP) is 0.877. The summed E-state index contributed by atoms with van der Waals surface area (Å²) in [5, 5.41) is 11.0. The fraction of sp³-hybridized carbons (Fsp3) is 0.435. The Morgan fingerprint density at radius 2 is 1.85 bits per heavy atom. The van der Waals surface area contributed by atoms with E-state index >= 15 is 0 Å². The summed E-state index contributed by atoms with van der Waals surface area (Å²) in [6, 6.07) is 9.24. The number of nitrogens with one attached hydrogen (secondary N) is 2. The van der Waals surface area contributed by atoms with Crippen LogP contribution in [0.5, 0.6) is 0 Å². The number of hydrogen-bond donors (Lipinski definition) is 2. The first-order valence-electron chi connectivity index (χ1n) is 11.3. The van der Waals surface area contributed by atoms with Crippen LogP contribution in [-0.4, -0.2) is 71.5 Å². The lowest BCUT2D eigenvalue weighted by Crippen LogP contribution is -2.48. The van der Waals surface area contributed by atoms with Crippen molar-refractivity contribution in [3.05, 3.63) is 52.7 Å². The number of carbonyl (C=O) groups is 1. The van der Waals surface area contributed by atoms with Crippen LogP contribution in [0.1, 0.15) is 18.5 Å². The molecular weight excluding hydrogens is 422 g/mol. The van der Waals surface area contributed by atoms with Gasteiger partial charge in [0.1, 0.15) is 18.0 Å². The SMILES string of the molecule is O=C(Cc1n[nH]c(=O)c2ccccc12)NC1CCCN(c2cc(N3CCOCC3)ncn2)C1. The lowest BCUT2D eigenvalue weighted by Gasteiger charge is -2.34. The standard InChI is InChI=1S/C23H27N7O3/c31-22(12-19-17-5-1-2-6-18(17)23(32)28-27-19)26-16-4-3-7-30(14-16)21-13-20(24-15-25-21)29-8-10-33-11-9-29/h1-2,5-6,13,15-16H,3-4,7-12,14H2,(H,26,31)(H,28,32). The Morgan fingerprint density at radius 3 is 2.67 bits per heavy atom. The zero-order valence-electron chi connectivity index (χ0n) is 18.4. The second-order valence-corrected chi connectivity index (χ2v) is 8.41. The summed E-state index contributed by atoms with van der Waals surface area (Å²) < 4.78 is 5.43. The maximum Gasteiger partial charge on any atom is 0.272 e. The molecule has 5 rings (SSSR count). The number of anilines is 2. The number of amides is 1. The minimum absolute atomic E-state index is 0.0158. The Bertz CT molecular complexity index is 1190. The molecule has 1 atom stereocenters. The van der Waals surface area contributed by atoms with Crippen molar-refractivity contribution < 1.29 is 9.53 Å². The molecule has 0 aliphatic carbocycles. The number of ether oxygens (including phenoxy) is 1. The highest BCUT2D eigenvalue weighted by Gasteiger charge is 2.24. The molecule has 33 heavy (non-hydrogen) atoms. The summed E-state index contributed by atoms with van der Waals surface area (Å²) in [6.07, 6.45) is 3.59. The lowest BCUT2D eigenvalue weighted by atomic mass is 10.0. The second-order valence-electron chi connectivity index (χ2n) is 8.41. The number of piperidine rings is 1.